The Kier molecular flexibility index (Phi) is 7.96. The number of aromatic nitrogens is 2. The number of nitrogens with one attached hydrogen (secondary N) is 1. The van der Waals surface area contributed by atoms with Gasteiger partial charge in [-0.05, 0) is 43.4 Å². The molecule has 7 heteroatoms. The molecule has 190 valence electrons. The minimum atomic E-state index is -0.340. The van der Waals surface area contributed by atoms with Crippen molar-refractivity contribution < 1.29 is 14.3 Å². The van der Waals surface area contributed by atoms with Crippen LogP contribution in [-0.4, -0.2) is 51.6 Å². The third kappa shape index (κ3) is 5.78. The van der Waals surface area contributed by atoms with E-state index in [1.165, 1.54) is 19.3 Å². The molecule has 36 heavy (non-hydrogen) atoms. The average Bonchev–Trinajstić information content (AvgIpc) is 3.57. The van der Waals surface area contributed by atoms with E-state index in [9.17, 15) is 9.59 Å². The SMILES string of the molecule is O=C(NCCc1nc2ccccc2n1CC(=O)N(Cc1ccccc1)C1CCCCC1)C1CCCO1. The molecule has 1 aliphatic heterocycles. The van der Waals surface area contributed by atoms with Crippen molar-refractivity contribution in [2.24, 2.45) is 0 Å². The van der Waals surface area contributed by atoms with Gasteiger partial charge in [-0.25, -0.2) is 4.98 Å². The summed E-state index contributed by atoms with van der Waals surface area (Å²) < 4.78 is 7.53. The zero-order valence-electron chi connectivity index (χ0n) is 20.9. The van der Waals surface area contributed by atoms with E-state index in [0.717, 1.165) is 48.1 Å². The quantitative estimate of drug-likeness (QED) is 0.489. The maximum atomic E-state index is 13.9. The van der Waals surface area contributed by atoms with Crippen LogP contribution in [0, 0.1) is 0 Å². The van der Waals surface area contributed by atoms with Crippen molar-refractivity contribution in [3.8, 4) is 0 Å². The molecule has 0 spiro atoms. The molecular weight excluding hydrogens is 452 g/mol. The number of rotatable bonds is 9. The first-order valence-corrected chi connectivity index (χ1v) is 13.4. The van der Waals surface area contributed by atoms with Gasteiger partial charge in [-0.2, -0.15) is 0 Å². The van der Waals surface area contributed by atoms with Gasteiger partial charge in [0.2, 0.25) is 11.8 Å². The molecule has 1 N–H and O–H groups in total. The van der Waals surface area contributed by atoms with Crippen LogP contribution in [0.3, 0.4) is 0 Å². The van der Waals surface area contributed by atoms with Crippen LogP contribution in [-0.2, 0) is 33.8 Å². The van der Waals surface area contributed by atoms with Gasteiger partial charge in [-0.3, -0.25) is 9.59 Å². The third-order valence-corrected chi connectivity index (χ3v) is 7.43. The van der Waals surface area contributed by atoms with E-state index < -0.39 is 0 Å². The highest BCUT2D eigenvalue weighted by Gasteiger charge is 2.27. The number of benzene rings is 2. The molecule has 2 aliphatic rings. The van der Waals surface area contributed by atoms with E-state index in [0.29, 0.717) is 26.1 Å². The van der Waals surface area contributed by atoms with Crippen LogP contribution in [0.2, 0.25) is 0 Å². The van der Waals surface area contributed by atoms with Crippen LogP contribution in [0.25, 0.3) is 11.0 Å². The van der Waals surface area contributed by atoms with Crippen molar-refractivity contribution in [1.29, 1.82) is 0 Å². The second-order valence-corrected chi connectivity index (χ2v) is 9.94. The van der Waals surface area contributed by atoms with Crippen LogP contribution in [0.1, 0.15) is 56.3 Å². The van der Waals surface area contributed by atoms with Crippen molar-refractivity contribution in [2.45, 2.75) is 76.6 Å². The van der Waals surface area contributed by atoms with Gasteiger partial charge < -0.3 is 19.5 Å². The average molecular weight is 489 g/mol. The molecular formula is C29H36N4O3. The first kappa shape index (κ1) is 24.5. The number of nitrogens with zero attached hydrogens (tertiary/aromatic N) is 3. The van der Waals surface area contributed by atoms with Crippen molar-refractivity contribution >= 4 is 22.8 Å². The summed E-state index contributed by atoms with van der Waals surface area (Å²) in [5.41, 5.74) is 2.98. The summed E-state index contributed by atoms with van der Waals surface area (Å²) in [5.74, 6) is 0.886. The standard InChI is InChI=1S/C29H36N4O3/c34-28(32(23-12-5-2-6-13-23)20-22-10-3-1-4-11-22)21-33-25-15-8-7-14-24(25)31-27(33)17-18-30-29(35)26-16-9-19-36-26/h1,3-4,7-8,10-11,14-15,23,26H,2,5-6,9,12-13,16-21H2,(H,30,35). The van der Waals surface area contributed by atoms with Crippen LogP contribution in [0.5, 0.6) is 0 Å². The molecule has 2 heterocycles. The number of hydrogen-bond acceptors (Lipinski definition) is 4. The van der Waals surface area contributed by atoms with E-state index in [-0.39, 0.29) is 30.5 Å². The first-order chi connectivity index (χ1) is 17.7. The monoisotopic (exact) mass is 488 g/mol. The van der Waals surface area contributed by atoms with Crippen LogP contribution in [0.15, 0.2) is 54.6 Å². The Hall–Kier alpha value is -3.19. The van der Waals surface area contributed by atoms with Gasteiger partial charge in [0.15, 0.2) is 0 Å². The largest absolute Gasteiger partial charge is 0.368 e. The van der Waals surface area contributed by atoms with Gasteiger partial charge >= 0.3 is 0 Å². The summed E-state index contributed by atoms with van der Waals surface area (Å²) in [6.45, 7) is 1.99. The molecule has 1 aliphatic carbocycles. The van der Waals surface area contributed by atoms with Crippen molar-refractivity contribution in [1.82, 2.24) is 19.8 Å². The van der Waals surface area contributed by atoms with E-state index >= 15 is 0 Å². The lowest BCUT2D eigenvalue weighted by Gasteiger charge is -2.35. The second kappa shape index (κ2) is 11.7. The highest BCUT2D eigenvalue weighted by Crippen LogP contribution is 2.25. The summed E-state index contributed by atoms with van der Waals surface area (Å²) in [7, 11) is 0. The molecule has 2 aromatic carbocycles. The number of ether oxygens (including phenoxy) is 1. The lowest BCUT2D eigenvalue weighted by molar-refractivity contribution is -0.135. The fraction of sp³-hybridized carbons (Fsp3) is 0.483. The maximum absolute atomic E-state index is 13.9. The summed E-state index contributed by atoms with van der Waals surface area (Å²) in [6, 6.07) is 18.5. The van der Waals surface area contributed by atoms with Gasteiger partial charge in [0.05, 0.1) is 11.0 Å². The molecule has 2 fully saturated rings. The molecule has 1 atom stereocenters. The minimum Gasteiger partial charge on any atom is -0.368 e. The smallest absolute Gasteiger partial charge is 0.249 e. The van der Waals surface area contributed by atoms with E-state index in [2.05, 4.69) is 22.3 Å². The Morgan fingerprint density at radius 2 is 1.75 bits per heavy atom. The molecule has 2 amide bonds. The van der Waals surface area contributed by atoms with Gasteiger partial charge in [0.1, 0.15) is 18.5 Å². The van der Waals surface area contributed by atoms with Gasteiger partial charge in [0.25, 0.3) is 0 Å². The Labute approximate surface area is 212 Å². The topological polar surface area (TPSA) is 76.5 Å². The normalized spacial score (nSPS) is 18.4. The van der Waals surface area contributed by atoms with Gasteiger partial charge in [-0.15, -0.1) is 0 Å². The van der Waals surface area contributed by atoms with E-state index in [1.807, 2.05) is 47.0 Å². The van der Waals surface area contributed by atoms with Gasteiger partial charge in [0, 0.05) is 32.2 Å². The number of carbonyl (C=O) groups is 2. The van der Waals surface area contributed by atoms with Crippen molar-refractivity contribution in [3.05, 3.63) is 66.0 Å². The third-order valence-electron chi connectivity index (χ3n) is 7.43. The number of fused-ring (bicyclic) bond motifs is 1. The Morgan fingerprint density at radius 3 is 2.53 bits per heavy atom. The number of para-hydroxylation sites is 2. The summed E-state index contributed by atoms with van der Waals surface area (Å²) in [6.07, 6.45) is 7.64. The molecule has 0 bridgehead atoms. The number of hydrogen-bond donors (Lipinski definition) is 1. The molecule has 3 aromatic rings. The fourth-order valence-electron chi connectivity index (χ4n) is 5.51. The Balaban J connectivity index is 1.34. The summed E-state index contributed by atoms with van der Waals surface area (Å²) in [5, 5.41) is 2.99. The molecule has 7 nitrogen and oxygen atoms in total. The first-order valence-electron chi connectivity index (χ1n) is 13.4. The fourth-order valence-corrected chi connectivity index (χ4v) is 5.51. The van der Waals surface area contributed by atoms with E-state index in [4.69, 9.17) is 9.72 Å². The predicted molar refractivity (Wildman–Crippen MR) is 139 cm³/mol. The lowest BCUT2D eigenvalue weighted by Crippen LogP contribution is -2.42. The predicted octanol–water partition coefficient (Wildman–Crippen LogP) is 4.24. The Bertz CT molecular complexity index is 1160. The summed E-state index contributed by atoms with van der Waals surface area (Å²) in [4.78, 5) is 33.2. The lowest BCUT2D eigenvalue weighted by atomic mass is 9.93. The van der Waals surface area contributed by atoms with Crippen LogP contribution < -0.4 is 5.32 Å². The number of amides is 2. The zero-order valence-corrected chi connectivity index (χ0v) is 20.9. The molecule has 1 unspecified atom stereocenters. The second-order valence-electron chi connectivity index (χ2n) is 9.94. The van der Waals surface area contributed by atoms with Crippen molar-refractivity contribution in [2.75, 3.05) is 13.2 Å². The van der Waals surface area contributed by atoms with Crippen LogP contribution >= 0.6 is 0 Å². The summed E-state index contributed by atoms with van der Waals surface area (Å²) >= 11 is 0. The van der Waals surface area contributed by atoms with E-state index in [1.54, 1.807) is 0 Å². The molecule has 1 aromatic heterocycles. The highest BCUT2D eigenvalue weighted by molar-refractivity contribution is 5.82. The highest BCUT2D eigenvalue weighted by atomic mass is 16.5. The maximum Gasteiger partial charge on any atom is 0.249 e. The zero-order chi connectivity index (χ0) is 24.7. The number of imidazole rings is 1. The molecule has 1 saturated carbocycles. The molecule has 1 saturated heterocycles. The minimum absolute atomic E-state index is 0.0578. The number of carbonyl (C=O) groups excluding carboxylic acids is 2. The van der Waals surface area contributed by atoms with Gasteiger partial charge in [-0.1, -0.05) is 61.7 Å². The molecule has 0 radical (unpaired) electrons. The molecule has 5 rings (SSSR count). The van der Waals surface area contributed by atoms with Crippen LogP contribution in [0.4, 0.5) is 0 Å². The van der Waals surface area contributed by atoms with Crippen molar-refractivity contribution in [3.63, 3.8) is 0 Å². The Morgan fingerprint density at radius 1 is 0.972 bits per heavy atom.